The van der Waals surface area contributed by atoms with Gasteiger partial charge >= 0.3 is 0 Å². The van der Waals surface area contributed by atoms with Gasteiger partial charge in [-0.15, -0.1) is 0 Å². The summed E-state index contributed by atoms with van der Waals surface area (Å²) in [5, 5.41) is 4.00. The van der Waals surface area contributed by atoms with E-state index in [1.807, 2.05) is 42.5 Å². The second-order valence-corrected chi connectivity index (χ2v) is 7.90. The van der Waals surface area contributed by atoms with E-state index in [1.54, 1.807) is 47.3 Å². The van der Waals surface area contributed by atoms with Crippen LogP contribution in [0.3, 0.4) is 0 Å². The van der Waals surface area contributed by atoms with E-state index in [0.29, 0.717) is 28.8 Å². The number of hydrogen-bond acceptors (Lipinski definition) is 2. The zero-order valence-corrected chi connectivity index (χ0v) is 18.0. The minimum Gasteiger partial charge on any atom is -0.348 e. The first-order valence-electron chi connectivity index (χ1n) is 9.66. The van der Waals surface area contributed by atoms with E-state index in [2.05, 4.69) is 5.32 Å². The largest absolute Gasteiger partial charge is 0.348 e. The molecule has 0 atom stereocenters. The maximum absolute atomic E-state index is 13.2. The highest BCUT2D eigenvalue weighted by Gasteiger charge is 2.19. The number of carbonyl (C=O) groups excluding carboxylic acids is 1. The molecular formula is C24H19Cl2N3O2. The van der Waals surface area contributed by atoms with Crippen LogP contribution in [0.2, 0.25) is 10.0 Å². The van der Waals surface area contributed by atoms with E-state index in [0.717, 1.165) is 11.1 Å². The van der Waals surface area contributed by atoms with Gasteiger partial charge in [0, 0.05) is 22.8 Å². The number of benzene rings is 3. The molecule has 0 fully saturated rings. The highest BCUT2D eigenvalue weighted by atomic mass is 35.5. The van der Waals surface area contributed by atoms with Crippen LogP contribution in [0.5, 0.6) is 0 Å². The zero-order chi connectivity index (χ0) is 21.8. The summed E-state index contributed by atoms with van der Waals surface area (Å²) in [6.45, 7) is 0.726. The average molecular weight is 452 g/mol. The molecule has 1 amide bonds. The highest BCUT2D eigenvalue weighted by Crippen LogP contribution is 2.15. The van der Waals surface area contributed by atoms with Crippen LogP contribution >= 0.6 is 23.2 Å². The third-order valence-electron chi connectivity index (χ3n) is 4.83. The number of nitrogens with zero attached hydrogens (tertiary/aromatic N) is 2. The van der Waals surface area contributed by atoms with Crippen molar-refractivity contribution < 1.29 is 4.79 Å². The smallest absolute Gasteiger partial charge is 0.284 e. The number of carbonyl (C=O) groups is 1. The van der Waals surface area contributed by atoms with Crippen LogP contribution in [-0.2, 0) is 13.1 Å². The number of amides is 1. The molecule has 1 aromatic heterocycles. The molecule has 0 spiro atoms. The predicted octanol–water partition coefficient (Wildman–Crippen LogP) is 4.92. The molecule has 4 rings (SSSR count). The molecule has 156 valence electrons. The van der Waals surface area contributed by atoms with E-state index < -0.39 is 11.5 Å². The van der Waals surface area contributed by atoms with Gasteiger partial charge in [0.25, 0.3) is 11.5 Å². The standard InChI is InChI=1S/C24H19Cl2N3O2/c25-19-8-6-17(7-9-19)14-27-23(30)22-16-28(15-18-4-2-1-3-5-18)29(24(22)31)21-12-10-20(26)11-13-21/h1-13,16H,14-15H2,(H,27,30). The second-order valence-electron chi connectivity index (χ2n) is 7.03. The molecule has 0 unspecified atom stereocenters. The highest BCUT2D eigenvalue weighted by molar-refractivity contribution is 6.30. The molecule has 1 N–H and O–H groups in total. The van der Waals surface area contributed by atoms with Crippen LogP contribution in [-0.4, -0.2) is 15.3 Å². The van der Waals surface area contributed by atoms with Gasteiger partial charge in [-0.05, 0) is 47.5 Å². The van der Waals surface area contributed by atoms with Crippen LogP contribution in [0, 0.1) is 0 Å². The van der Waals surface area contributed by atoms with Crippen LogP contribution in [0.1, 0.15) is 21.5 Å². The van der Waals surface area contributed by atoms with Crippen molar-refractivity contribution in [2.45, 2.75) is 13.1 Å². The third-order valence-corrected chi connectivity index (χ3v) is 5.33. The molecule has 0 radical (unpaired) electrons. The Balaban J connectivity index is 1.66. The number of halogens is 2. The summed E-state index contributed by atoms with van der Waals surface area (Å²) >= 11 is 11.9. The molecule has 0 aliphatic rings. The summed E-state index contributed by atoms with van der Waals surface area (Å²) in [5.41, 5.74) is 2.20. The van der Waals surface area contributed by atoms with Crippen molar-refractivity contribution >= 4 is 29.1 Å². The Morgan fingerprint density at radius 1 is 0.806 bits per heavy atom. The quantitative estimate of drug-likeness (QED) is 0.452. The summed E-state index contributed by atoms with van der Waals surface area (Å²) < 4.78 is 3.22. The van der Waals surface area contributed by atoms with E-state index in [9.17, 15) is 9.59 Å². The van der Waals surface area contributed by atoms with Gasteiger partial charge in [0.1, 0.15) is 5.56 Å². The van der Waals surface area contributed by atoms with Crippen molar-refractivity contribution in [3.05, 3.63) is 122 Å². The SMILES string of the molecule is O=C(NCc1ccc(Cl)cc1)c1cn(Cc2ccccc2)n(-c2ccc(Cl)cc2)c1=O. The number of nitrogens with one attached hydrogen (secondary N) is 1. The molecule has 0 aliphatic carbocycles. The Kier molecular flexibility index (Phi) is 6.26. The second kappa shape index (κ2) is 9.25. The lowest BCUT2D eigenvalue weighted by atomic mass is 10.2. The van der Waals surface area contributed by atoms with Crippen LogP contribution in [0.25, 0.3) is 5.69 Å². The summed E-state index contributed by atoms with van der Waals surface area (Å²) in [6.07, 6.45) is 1.58. The van der Waals surface area contributed by atoms with Crippen molar-refractivity contribution in [1.29, 1.82) is 0 Å². The van der Waals surface area contributed by atoms with E-state index in [1.165, 1.54) is 4.68 Å². The van der Waals surface area contributed by atoms with Gasteiger partial charge in [-0.3, -0.25) is 14.3 Å². The molecule has 0 aliphatic heterocycles. The molecule has 0 bridgehead atoms. The first-order valence-corrected chi connectivity index (χ1v) is 10.4. The van der Waals surface area contributed by atoms with Gasteiger partial charge < -0.3 is 5.32 Å². The monoisotopic (exact) mass is 451 g/mol. The molecule has 4 aromatic rings. The van der Waals surface area contributed by atoms with Crippen molar-refractivity contribution in [1.82, 2.24) is 14.7 Å². The average Bonchev–Trinajstić information content (AvgIpc) is 3.10. The molecule has 7 heteroatoms. The summed E-state index contributed by atoms with van der Waals surface area (Å²) in [5.74, 6) is -0.436. The Morgan fingerprint density at radius 2 is 1.42 bits per heavy atom. The van der Waals surface area contributed by atoms with Gasteiger partial charge in [0.05, 0.1) is 12.2 Å². The van der Waals surface area contributed by atoms with Crippen molar-refractivity contribution in [3.63, 3.8) is 0 Å². The number of aromatic nitrogens is 2. The van der Waals surface area contributed by atoms with Crippen molar-refractivity contribution in [2.24, 2.45) is 0 Å². The van der Waals surface area contributed by atoms with E-state index >= 15 is 0 Å². The lowest BCUT2D eigenvalue weighted by Crippen LogP contribution is -2.29. The fourth-order valence-electron chi connectivity index (χ4n) is 3.26. The minimum absolute atomic E-state index is 0.0693. The Hall–Kier alpha value is -3.28. The molecular weight excluding hydrogens is 433 g/mol. The Morgan fingerprint density at radius 3 is 2.06 bits per heavy atom. The first-order chi connectivity index (χ1) is 15.0. The van der Waals surface area contributed by atoms with Gasteiger partial charge in [0.15, 0.2) is 0 Å². The molecule has 1 heterocycles. The summed E-state index contributed by atoms with van der Waals surface area (Å²) in [7, 11) is 0. The maximum Gasteiger partial charge on any atom is 0.284 e. The van der Waals surface area contributed by atoms with Crippen LogP contribution in [0.4, 0.5) is 0 Å². The normalized spacial score (nSPS) is 10.8. The van der Waals surface area contributed by atoms with Crippen molar-refractivity contribution in [3.8, 4) is 5.69 Å². The maximum atomic E-state index is 13.2. The fourth-order valence-corrected chi connectivity index (χ4v) is 3.51. The zero-order valence-electron chi connectivity index (χ0n) is 16.5. The van der Waals surface area contributed by atoms with E-state index in [4.69, 9.17) is 23.2 Å². The third kappa shape index (κ3) is 4.90. The topological polar surface area (TPSA) is 56.0 Å². The molecule has 0 saturated heterocycles. The van der Waals surface area contributed by atoms with Crippen LogP contribution < -0.4 is 10.9 Å². The summed E-state index contributed by atoms with van der Waals surface area (Å²) in [4.78, 5) is 26.0. The minimum atomic E-state index is -0.436. The molecule has 5 nitrogen and oxygen atoms in total. The number of rotatable bonds is 6. The first kappa shape index (κ1) is 21.0. The van der Waals surface area contributed by atoms with Gasteiger partial charge in [-0.1, -0.05) is 65.7 Å². The van der Waals surface area contributed by atoms with Gasteiger partial charge in [-0.25, -0.2) is 4.68 Å². The van der Waals surface area contributed by atoms with Gasteiger partial charge in [0.2, 0.25) is 0 Å². The fraction of sp³-hybridized carbons (Fsp3) is 0.0833. The van der Waals surface area contributed by atoms with Gasteiger partial charge in [-0.2, -0.15) is 0 Å². The summed E-state index contributed by atoms with van der Waals surface area (Å²) in [6, 6.07) is 23.8. The van der Waals surface area contributed by atoms with E-state index in [-0.39, 0.29) is 5.56 Å². The Labute approximate surface area is 189 Å². The predicted molar refractivity (Wildman–Crippen MR) is 123 cm³/mol. The number of hydrogen-bond donors (Lipinski definition) is 1. The molecule has 0 saturated carbocycles. The lowest BCUT2D eigenvalue weighted by molar-refractivity contribution is 0.0949. The van der Waals surface area contributed by atoms with Crippen LogP contribution in [0.15, 0.2) is 89.9 Å². The van der Waals surface area contributed by atoms with Crippen molar-refractivity contribution in [2.75, 3.05) is 0 Å². The lowest BCUT2D eigenvalue weighted by Gasteiger charge is -2.11. The molecule has 3 aromatic carbocycles. The molecule has 31 heavy (non-hydrogen) atoms. The Bertz CT molecular complexity index is 1240.